The summed E-state index contributed by atoms with van der Waals surface area (Å²) in [5, 5.41) is 0. The topological polar surface area (TPSA) is 42.0 Å². The number of amides is 1. The summed E-state index contributed by atoms with van der Waals surface area (Å²) in [6.45, 7) is 4.40. The highest BCUT2D eigenvalue weighted by Gasteiger charge is 2.23. The molecule has 0 N–H and O–H groups in total. The van der Waals surface area contributed by atoms with Gasteiger partial charge in [0.15, 0.2) is 0 Å². The molecule has 5 aromatic carbocycles. The van der Waals surface area contributed by atoms with Crippen LogP contribution in [0.3, 0.4) is 0 Å². The van der Waals surface area contributed by atoms with Crippen molar-refractivity contribution in [3.05, 3.63) is 160 Å². The first-order valence-electron chi connectivity index (χ1n) is 15.5. The fourth-order valence-electron chi connectivity index (χ4n) is 5.62. The number of hydrogen-bond acceptors (Lipinski definition) is 4. The Morgan fingerprint density at radius 1 is 0.667 bits per heavy atom. The van der Waals surface area contributed by atoms with E-state index in [-0.39, 0.29) is 5.91 Å². The van der Waals surface area contributed by atoms with Gasteiger partial charge in [-0.15, -0.1) is 0 Å². The van der Waals surface area contributed by atoms with Crippen LogP contribution in [0.4, 0.5) is 5.69 Å². The van der Waals surface area contributed by atoms with Crippen LogP contribution in [0.15, 0.2) is 132 Å². The van der Waals surface area contributed by atoms with E-state index in [2.05, 4.69) is 45.1 Å². The van der Waals surface area contributed by atoms with E-state index in [1.54, 1.807) is 0 Å². The molecule has 1 fully saturated rings. The summed E-state index contributed by atoms with van der Waals surface area (Å²) in [7, 11) is 0. The highest BCUT2D eigenvalue weighted by atomic mass is 79.9. The number of rotatable bonds is 12. The van der Waals surface area contributed by atoms with Crippen molar-refractivity contribution in [2.75, 3.05) is 18.0 Å². The minimum atomic E-state index is -0.139. The first kappa shape index (κ1) is 30.6. The average molecular weight is 662 g/mol. The van der Waals surface area contributed by atoms with Gasteiger partial charge in [-0.3, -0.25) is 9.69 Å². The third kappa shape index (κ3) is 8.41. The summed E-state index contributed by atoms with van der Waals surface area (Å²) >= 11 is 3.55. The van der Waals surface area contributed by atoms with Crippen LogP contribution >= 0.6 is 15.9 Å². The molecule has 0 radical (unpaired) electrons. The number of carbonyl (C=O) groups excluding carboxylic acids is 1. The fraction of sp³-hybridized carbons (Fsp3) is 0.205. The normalized spacial score (nSPS) is 13.0. The van der Waals surface area contributed by atoms with Gasteiger partial charge in [0.05, 0.1) is 12.1 Å². The molecule has 1 heterocycles. The average Bonchev–Trinajstić information content (AvgIpc) is 3.60. The lowest BCUT2D eigenvalue weighted by Crippen LogP contribution is -2.31. The van der Waals surface area contributed by atoms with E-state index in [1.807, 2.05) is 108 Å². The van der Waals surface area contributed by atoms with Gasteiger partial charge in [-0.05, 0) is 84.6 Å². The molecule has 5 aromatic rings. The summed E-state index contributed by atoms with van der Waals surface area (Å²) in [5.74, 6) is 0.988. The first-order chi connectivity index (χ1) is 22.1. The molecule has 1 aliphatic rings. The quantitative estimate of drug-likeness (QED) is 0.134. The van der Waals surface area contributed by atoms with Crippen LogP contribution in [-0.2, 0) is 26.3 Å². The van der Waals surface area contributed by atoms with Crippen molar-refractivity contribution < 1.29 is 14.3 Å². The zero-order chi connectivity index (χ0) is 30.8. The maximum absolute atomic E-state index is 14.5. The Balaban J connectivity index is 1.30. The third-order valence-electron chi connectivity index (χ3n) is 7.99. The number of benzene rings is 5. The number of hydrogen-bond donors (Lipinski definition) is 0. The highest BCUT2D eigenvalue weighted by molar-refractivity contribution is 9.10. The second-order valence-electron chi connectivity index (χ2n) is 11.4. The molecule has 0 saturated carbocycles. The minimum Gasteiger partial charge on any atom is -0.489 e. The Kier molecular flexibility index (Phi) is 10.3. The molecule has 0 aromatic heterocycles. The zero-order valence-electron chi connectivity index (χ0n) is 25.3. The number of halogens is 1. The van der Waals surface area contributed by atoms with E-state index in [9.17, 15) is 4.79 Å². The Morgan fingerprint density at radius 3 is 1.98 bits per heavy atom. The standard InChI is InChI=1S/C39H37BrN2O3/c40-34-16-18-35(19-17-34)42(27-33-15-9-14-32(24-33)26-41-22-7-8-23-41)39(43)37-21-20-36(44-28-30-10-3-1-4-11-30)25-38(37)45-29-31-12-5-2-6-13-31/h1-6,9-21,24-25H,7-8,22-23,26-29H2. The summed E-state index contributed by atoms with van der Waals surface area (Å²) in [6, 6.07) is 42.0. The second-order valence-corrected chi connectivity index (χ2v) is 12.3. The summed E-state index contributed by atoms with van der Waals surface area (Å²) < 4.78 is 13.4. The fourth-order valence-corrected chi connectivity index (χ4v) is 5.88. The van der Waals surface area contributed by atoms with Gasteiger partial charge in [0.1, 0.15) is 24.7 Å². The van der Waals surface area contributed by atoms with Gasteiger partial charge >= 0.3 is 0 Å². The smallest absolute Gasteiger partial charge is 0.262 e. The van der Waals surface area contributed by atoms with Gasteiger partial charge in [-0.25, -0.2) is 0 Å². The number of carbonyl (C=O) groups is 1. The van der Waals surface area contributed by atoms with Crippen LogP contribution in [0, 0.1) is 0 Å². The second kappa shape index (κ2) is 15.1. The molecule has 0 aliphatic carbocycles. The molecule has 1 aliphatic heterocycles. The maximum atomic E-state index is 14.5. The lowest BCUT2D eigenvalue weighted by molar-refractivity contribution is 0.0980. The van der Waals surface area contributed by atoms with Crippen molar-refractivity contribution in [2.45, 2.75) is 39.1 Å². The van der Waals surface area contributed by atoms with E-state index >= 15 is 0 Å². The van der Waals surface area contributed by atoms with Crippen LogP contribution < -0.4 is 14.4 Å². The van der Waals surface area contributed by atoms with Crippen molar-refractivity contribution in [1.29, 1.82) is 0 Å². The van der Waals surface area contributed by atoms with Crippen LogP contribution in [0.5, 0.6) is 11.5 Å². The van der Waals surface area contributed by atoms with Crippen molar-refractivity contribution >= 4 is 27.5 Å². The van der Waals surface area contributed by atoms with Gasteiger partial charge in [-0.2, -0.15) is 0 Å². The maximum Gasteiger partial charge on any atom is 0.262 e. The zero-order valence-corrected chi connectivity index (χ0v) is 26.9. The van der Waals surface area contributed by atoms with Gasteiger partial charge in [0, 0.05) is 22.8 Å². The van der Waals surface area contributed by atoms with Crippen LogP contribution in [-0.4, -0.2) is 23.9 Å². The molecule has 6 rings (SSSR count). The molecule has 1 amide bonds. The van der Waals surface area contributed by atoms with E-state index in [0.29, 0.717) is 36.8 Å². The monoisotopic (exact) mass is 660 g/mol. The van der Waals surface area contributed by atoms with Crippen molar-refractivity contribution in [2.24, 2.45) is 0 Å². The van der Waals surface area contributed by atoms with E-state index in [1.165, 1.54) is 18.4 Å². The Bertz CT molecular complexity index is 1690. The van der Waals surface area contributed by atoms with Gasteiger partial charge < -0.3 is 14.4 Å². The number of ether oxygens (including phenoxy) is 2. The van der Waals surface area contributed by atoms with E-state index in [4.69, 9.17) is 9.47 Å². The number of anilines is 1. The van der Waals surface area contributed by atoms with E-state index in [0.717, 1.165) is 46.5 Å². The van der Waals surface area contributed by atoms with Gasteiger partial charge in [0.2, 0.25) is 0 Å². The van der Waals surface area contributed by atoms with Crippen molar-refractivity contribution in [3.63, 3.8) is 0 Å². The molecule has 1 saturated heterocycles. The molecule has 5 nitrogen and oxygen atoms in total. The molecule has 228 valence electrons. The largest absolute Gasteiger partial charge is 0.489 e. The van der Waals surface area contributed by atoms with Crippen LogP contribution in [0.25, 0.3) is 0 Å². The lowest BCUT2D eigenvalue weighted by atomic mass is 10.1. The van der Waals surface area contributed by atoms with Crippen molar-refractivity contribution in [1.82, 2.24) is 4.90 Å². The van der Waals surface area contributed by atoms with Gasteiger partial charge in [-0.1, -0.05) is 101 Å². The predicted molar refractivity (Wildman–Crippen MR) is 184 cm³/mol. The minimum absolute atomic E-state index is 0.139. The molecular weight excluding hydrogens is 624 g/mol. The molecule has 45 heavy (non-hydrogen) atoms. The highest BCUT2D eigenvalue weighted by Crippen LogP contribution is 2.31. The first-order valence-corrected chi connectivity index (χ1v) is 16.3. The van der Waals surface area contributed by atoms with Crippen molar-refractivity contribution in [3.8, 4) is 11.5 Å². The molecule has 6 heteroatoms. The summed E-state index contributed by atoms with van der Waals surface area (Å²) in [4.78, 5) is 18.8. The summed E-state index contributed by atoms with van der Waals surface area (Å²) in [5.41, 5.74) is 5.73. The Hall–Kier alpha value is -4.39. The van der Waals surface area contributed by atoms with Crippen LogP contribution in [0.1, 0.15) is 45.5 Å². The SMILES string of the molecule is O=C(c1ccc(OCc2ccccc2)cc1OCc1ccccc1)N(Cc1cccc(CN2CCCC2)c1)c1ccc(Br)cc1. The summed E-state index contributed by atoms with van der Waals surface area (Å²) in [6.07, 6.45) is 2.52. The molecule has 0 atom stereocenters. The molecule has 0 unspecified atom stereocenters. The Morgan fingerprint density at radius 2 is 1.29 bits per heavy atom. The van der Waals surface area contributed by atoms with Gasteiger partial charge in [0.25, 0.3) is 5.91 Å². The van der Waals surface area contributed by atoms with E-state index < -0.39 is 0 Å². The van der Waals surface area contributed by atoms with Crippen LogP contribution in [0.2, 0.25) is 0 Å². The molecular formula is C39H37BrN2O3. The third-order valence-corrected chi connectivity index (χ3v) is 8.52. The molecule has 0 spiro atoms. The number of nitrogens with zero attached hydrogens (tertiary/aromatic N) is 2. The lowest BCUT2D eigenvalue weighted by Gasteiger charge is -2.25. The predicted octanol–water partition coefficient (Wildman–Crippen LogP) is 9.05. The molecule has 0 bridgehead atoms. The number of likely N-dealkylation sites (tertiary alicyclic amines) is 1. The Labute approximate surface area is 274 Å².